The molecule has 4 saturated heterocycles. The van der Waals surface area contributed by atoms with E-state index in [-0.39, 0.29) is 41.1 Å². The van der Waals surface area contributed by atoms with Crippen molar-refractivity contribution < 1.29 is 59.6 Å². The number of piperidine rings is 2. The van der Waals surface area contributed by atoms with E-state index in [0.29, 0.717) is 88.9 Å². The van der Waals surface area contributed by atoms with Crippen molar-refractivity contribution in [1.82, 2.24) is 19.9 Å². The summed E-state index contributed by atoms with van der Waals surface area (Å²) in [6, 6.07) is 16.5. The van der Waals surface area contributed by atoms with Crippen LogP contribution in [-0.2, 0) is 31.3 Å². The van der Waals surface area contributed by atoms with Gasteiger partial charge >= 0.3 is 18.4 Å². The second-order valence-corrected chi connectivity index (χ2v) is 22.2. The molecule has 6 aliphatic rings. The summed E-state index contributed by atoms with van der Waals surface area (Å²) in [7, 11) is 0. The summed E-state index contributed by atoms with van der Waals surface area (Å²) in [5.74, 6) is 0.946. The van der Waals surface area contributed by atoms with Gasteiger partial charge in [-0.1, -0.05) is 47.5 Å². The number of amides is 2. The first-order valence-corrected chi connectivity index (χ1v) is 27.4. The molecule has 25 heteroatoms. The van der Waals surface area contributed by atoms with Crippen molar-refractivity contribution in [2.75, 3.05) is 83.7 Å². The van der Waals surface area contributed by atoms with Crippen molar-refractivity contribution in [2.45, 2.75) is 102 Å². The SMILES string of the molecule is CC1(C)OC[C@H](COc2cncc(N)c2)O1.CC1(C)OC[C@H](COc2cncc(NC(=O)N3c4nc(-c5cccc(C(F)(F)F)c5)c(Cl)cc4N4CCC[C@H]3C4)c2)O1.FC(F)(F)c1cccc(-c2nc3c(cc2Cl)N2CCC[C@@H](C2)N3)c1. The van der Waals surface area contributed by atoms with Crippen LogP contribution in [-0.4, -0.2) is 114 Å². The number of alkyl halides is 6. The molecule has 4 fully saturated rings. The fourth-order valence-electron chi connectivity index (χ4n) is 10.5. The van der Waals surface area contributed by atoms with Crippen LogP contribution in [0, 0.1) is 0 Å². The number of nitrogens with two attached hydrogens (primary N) is 1. The molecule has 82 heavy (non-hydrogen) atoms. The van der Waals surface area contributed by atoms with E-state index in [4.69, 9.17) is 62.3 Å². The van der Waals surface area contributed by atoms with Crippen molar-refractivity contribution in [3.8, 4) is 34.0 Å². The lowest BCUT2D eigenvalue weighted by atomic mass is 9.99. The summed E-state index contributed by atoms with van der Waals surface area (Å²) in [5, 5.41) is 6.83. The summed E-state index contributed by atoms with van der Waals surface area (Å²) in [6.07, 6.45) is 0.817. The van der Waals surface area contributed by atoms with Crippen molar-refractivity contribution in [2.24, 2.45) is 0 Å². The van der Waals surface area contributed by atoms with Gasteiger partial charge in [-0.25, -0.2) is 14.8 Å². The number of benzene rings is 2. The zero-order chi connectivity index (χ0) is 58.1. The molecule has 0 aliphatic carbocycles. The molecule has 4 bridgehead atoms. The zero-order valence-corrected chi connectivity index (χ0v) is 46.6. The van der Waals surface area contributed by atoms with Crippen molar-refractivity contribution in [3.63, 3.8) is 0 Å². The number of aromatic nitrogens is 4. The molecule has 10 heterocycles. The monoisotopic (exact) mass is 1180 g/mol. The molecule has 0 unspecified atom stereocenters. The highest BCUT2D eigenvalue weighted by atomic mass is 35.5. The van der Waals surface area contributed by atoms with Crippen LogP contribution in [0.2, 0.25) is 10.0 Å². The van der Waals surface area contributed by atoms with Crippen LogP contribution in [0.3, 0.4) is 0 Å². The van der Waals surface area contributed by atoms with E-state index < -0.39 is 41.1 Å². The lowest BCUT2D eigenvalue weighted by Crippen LogP contribution is -2.56. The predicted molar refractivity (Wildman–Crippen MR) is 299 cm³/mol. The van der Waals surface area contributed by atoms with Crippen LogP contribution in [0.15, 0.2) is 97.6 Å². The number of pyridine rings is 4. The second-order valence-electron chi connectivity index (χ2n) is 21.4. The Morgan fingerprint density at radius 1 is 0.720 bits per heavy atom. The van der Waals surface area contributed by atoms with Gasteiger partial charge in [-0.3, -0.25) is 14.9 Å². The lowest BCUT2D eigenvalue weighted by Gasteiger charge is -2.46. The van der Waals surface area contributed by atoms with Crippen LogP contribution >= 0.6 is 23.2 Å². The number of carbonyl (C=O) groups excluding carboxylic acids is 1. The van der Waals surface area contributed by atoms with Crippen LogP contribution in [0.1, 0.15) is 64.5 Å². The maximum atomic E-state index is 13.8. The van der Waals surface area contributed by atoms with E-state index in [9.17, 15) is 31.1 Å². The quantitative estimate of drug-likeness (QED) is 0.116. The van der Waals surface area contributed by atoms with Crippen LogP contribution in [0.4, 0.5) is 65.5 Å². The molecule has 2 amide bonds. The molecular weight excluding hydrogens is 1120 g/mol. The minimum atomic E-state index is -4.52. The van der Waals surface area contributed by atoms with Gasteiger partial charge in [0.15, 0.2) is 23.2 Å². The largest absolute Gasteiger partial charge is 0.489 e. The molecule has 4 aromatic heterocycles. The number of hydrogen-bond acceptors (Lipinski definition) is 15. The summed E-state index contributed by atoms with van der Waals surface area (Å²) < 4.78 is 113. The second kappa shape index (κ2) is 23.8. The van der Waals surface area contributed by atoms with Crippen molar-refractivity contribution in [1.29, 1.82) is 0 Å². The number of carbonyl (C=O) groups is 1. The normalized spacial score (nSPS) is 21.1. The third-order valence-corrected chi connectivity index (χ3v) is 14.8. The van der Waals surface area contributed by atoms with Crippen LogP contribution < -0.4 is 40.5 Å². The number of ether oxygens (including phenoxy) is 6. The third-order valence-electron chi connectivity index (χ3n) is 14.2. The topological polar surface area (TPSA) is 184 Å². The number of nitrogens with zero attached hydrogens (tertiary/aromatic N) is 7. The van der Waals surface area contributed by atoms with Gasteiger partial charge in [0, 0.05) is 55.5 Å². The Labute approximate surface area is 479 Å². The predicted octanol–water partition coefficient (Wildman–Crippen LogP) is 12.4. The van der Waals surface area contributed by atoms with E-state index in [1.54, 1.807) is 47.6 Å². The highest BCUT2D eigenvalue weighted by molar-refractivity contribution is 6.34. The fourth-order valence-corrected chi connectivity index (χ4v) is 11.0. The smallest absolute Gasteiger partial charge is 0.416 e. The number of nitrogens with one attached hydrogen (secondary N) is 2. The van der Waals surface area contributed by atoms with Gasteiger partial charge in [0.1, 0.15) is 36.9 Å². The molecule has 4 atom stereocenters. The van der Waals surface area contributed by atoms with E-state index in [0.717, 1.165) is 75.3 Å². The maximum Gasteiger partial charge on any atom is 0.416 e. The Morgan fingerprint density at radius 2 is 1.27 bits per heavy atom. The van der Waals surface area contributed by atoms with E-state index in [1.165, 1.54) is 30.6 Å². The number of nitrogen functional groups attached to an aromatic ring is 1. The standard InChI is InChI=1S/C29H29ClF3N5O4.C17H15ClF3N3.C11H16N2O3/c1-28(2)41-16-22(42-28)15-40-21-10-19(12-34-13-21)35-27(39)38-20-7-4-8-37(14-20)24-11-23(30)25(36-26(24)38)17-5-3-6-18(9-17)29(31,32)33;18-13-8-14-16(22-12-5-2-6-24(14)9-12)23-15(13)10-3-1-4-11(7-10)17(19,20)21;1-11(2)15-7-10(16-11)6-14-9-3-8(12)4-13-5-9/h3,5-6,9-13,20,22H,4,7-8,14-16H2,1-2H3,(H,35,39);1,3-4,7-8,12H,2,5-6,9H2,(H,22,23);3-5,10H,6-7,12H2,1-2H3/t20-,22-;12-;10-/m000/s1. The minimum Gasteiger partial charge on any atom is -0.489 e. The first kappa shape index (κ1) is 58.3. The van der Waals surface area contributed by atoms with E-state index in [2.05, 4.69) is 35.4 Å². The summed E-state index contributed by atoms with van der Waals surface area (Å²) in [4.78, 5) is 37.0. The van der Waals surface area contributed by atoms with Gasteiger partial charge in [-0.2, -0.15) is 26.3 Å². The van der Waals surface area contributed by atoms with Crippen molar-refractivity contribution in [3.05, 3.63) is 119 Å². The summed E-state index contributed by atoms with van der Waals surface area (Å²) >= 11 is 12.9. The zero-order valence-electron chi connectivity index (χ0n) is 45.1. The molecule has 0 radical (unpaired) electrons. The fraction of sp³-hybridized carbons (Fsp3) is 0.421. The molecule has 0 spiro atoms. The molecule has 6 aromatic rings. The Bertz CT molecular complexity index is 3290. The lowest BCUT2D eigenvalue weighted by molar-refractivity contribution is -0.141. The minimum absolute atomic E-state index is 0.0450. The molecule has 4 N–H and O–H groups in total. The Balaban J connectivity index is 0.000000157. The van der Waals surface area contributed by atoms with Crippen LogP contribution in [0.5, 0.6) is 11.5 Å². The van der Waals surface area contributed by atoms with E-state index in [1.807, 2.05) is 27.7 Å². The number of rotatable bonds is 9. The number of fused-ring (bicyclic) bond motifs is 8. The average molecular weight is 1180 g/mol. The van der Waals surface area contributed by atoms with Crippen LogP contribution in [0.25, 0.3) is 22.5 Å². The van der Waals surface area contributed by atoms with Gasteiger partial charge in [0.2, 0.25) is 0 Å². The maximum absolute atomic E-state index is 13.8. The van der Waals surface area contributed by atoms with Gasteiger partial charge in [0.25, 0.3) is 0 Å². The van der Waals surface area contributed by atoms with Gasteiger partial charge in [0.05, 0.1) is 99.4 Å². The molecule has 436 valence electrons. The first-order chi connectivity index (χ1) is 38.9. The molecule has 17 nitrogen and oxygen atoms in total. The van der Waals surface area contributed by atoms with E-state index >= 15 is 0 Å². The van der Waals surface area contributed by atoms with Gasteiger partial charge in [-0.15, -0.1) is 0 Å². The van der Waals surface area contributed by atoms with Crippen molar-refractivity contribution >= 4 is 63.6 Å². The molecular formula is C57H60Cl2F6N10O7. The Kier molecular flexibility index (Phi) is 16.9. The molecule has 0 saturated carbocycles. The average Bonchev–Trinajstić information content (AvgIpc) is 2.83. The number of hydrogen-bond donors (Lipinski definition) is 3. The van der Waals surface area contributed by atoms with Gasteiger partial charge in [-0.05, 0) is 89.8 Å². The molecule has 12 rings (SSSR count). The first-order valence-electron chi connectivity index (χ1n) is 26.6. The third kappa shape index (κ3) is 13.9. The molecule has 6 aliphatic heterocycles. The Hall–Kier alpha value is -6.89. The number of anilines is 6. The summed E-state index contributed by atoms with van der Waals surface area (Å²) in [5.41, 5.74) is 7.75. The molecule has 2 aromatic carbocycles. The Morgan fingerprint density at radius 3 is 1.84 bits per heavy atom. The number of urea groups is 1. The highest BCUT2D eigenvalue weighted by Crippen LogP contribution is 2.45. The van der Waals surface area contributed by atoms with Gasteiger partial charge < -0.3 is 54.6 Å². The summed E-state index contributed by atoms with van der Waals surface area (Å²) in [6.45, 7) is 12.3. The highest BCUT2D eigenvalue weighted by Gasteiger charge is 2.40. The number of halogens is 8.